The molecule has 1 aromatic carbocycles. The van der Waals surface area contributed by atoms with Gasteiger partial charge in [0.15, 0.2) is 0 Å². The first kappa shape index (κ1) is 15.0. The molecule has 1 heterocycles. The highest BCUT2D eigenvalue weighted by molar-refractivity contribution is 6.02. The Hall–Kier alpha value is -2.36. The van der Waals surface area contributed by atoms with Crippen LogP contribution >= 0.6 is 0 Å². The molecule has 0 bridgehead atoms. The number of pyridine rings is 1. The van der Waals surface area contributed by atoms with E-state index in [-0.39, 0.29) is 5.91 Å². The highest BCUT2D eigenvalue weighted by Crippen LogP contribution is 2.20. The molecule has 1 amide bonds. The fraction of sp³-hybridized carbons (Fsp3) is 0.294. The van der Waals surface area contributed by atoms with Crippen LogP contribution in [0.3, 0.4) is 0 Å². The van der Waals surface area contributed by atoms with Crippen LogP contribution in [0.5, 0.6) is 0 Å². The fourth-order valence-electron chi connectivity index (χ4n) is 2.27. The molecule has 0 unspecified atom stereocenters. The number of carbonyl (C=O) groups excluding carboxylic acids is 1. The van der Waals surface area contributed by atoms with Gasteiger partial charge >= 0.3 is 0 Å². The number of nitrogens with zero attached hydrogens (tertiary/aromatic N) is 2. The van der Waals surface area contributed by atoms with Crippen LogP contribution in [0, 0.1) is 0 Å². The summed E-state index contributed by atoms with van der Waals surface area (Å²) in [5, 5.41) is 2.85. The van der Waals surface area contributed by atoms with Crippen LogP contribution in [0.25, 0.3) is 0 Å². The van der Waals surface area contributed by atoms with Crippen LogP contribution in [-0.4, -0.2) is 23.5 Å². The average molecular weight is 283 g/mol. The van der Waals surface area contributed by atoms with Gasteiger partial charge in [-0.3, -0.25) is 9.78 Å². The van der Waals surface area contributed by atoms with E-state index >= 15 is 0 Å². The molecule has 0 saturated heterocycles. The zero-order valence-corrected chi connectivity index (χ0v) is 12.7. The van der Waals surface area contributed by atoms with E-state index in [0.29, 0.717) is 11.7 Å². The van der Waals surface area contributed by atoms with Crippen LogP contribution in [0.15, 0.2) is 48.7 Å². The van der Waals surface area contributed by atoms with E-state index in [0.717, 1.165) is 17.9 Å². The molecular formula is C17H21N3O. The normalized spacial score (nSPS) is 10.5. The molecule has 0 aliphatic heterocycles. The molecule has 21 heavy (non-hydrogen) atoms. The van der Waals surface area contributed by atoms with Crippen LogP contribution in [0.2, 0.25) is 0 Å². The molecule has 1 aromatic heterocycles. The Bertz CT molecular complexity index is 579. The van der Waals surface area contributed by atoms with Crippen LogP contribution in [0.1, 0.15) is 31.3 Å². The van der Waals surface area contributed by atoms with Crippen molar-refractivity contribution in [3.63, 3.8) is 0 Å². The predicted molar refractivity (Wildman–Crippen MR) is 86.8 cm³/mol. The molecule has 2 rings (SSSR count). The zero-order valence-electron chi connectivity index (χ0n) is 12.7. The maximum absolute atomic E-state index is 12.0. The zero-order chi connectivity index (χ0) is 15.2. The lowest BCUT2D eigenvalue weighted by atomic mass is 10.2. The van der Waals surface area contributed by atoms with Gasteiger partial charge in [0.2, 0.25) is 0 Å². The van der Waals surface area contributed by atoms with Gasteiger partial charge in [-0.2, -0.15) is 0 Å². The number of hydrogen-bond donors (Lipinski definition) is 1. The smallest absolute Gasteiger partial charge is 0.274 e. The summed E-state index contributed by atoms with van der Waals surface area (Å²) in [6.07, 6.45) is 1.61. The van der Waals surface area contributed by atoms with E-state index in [1.807, 2.05) is 24.3 Å². The summed E-state index contributed by atoms with van der Waals surface area (Å²) in [5.74, 6) is -0.195. The van der Waals surface area contributed by atoms with Crippen molar-refractivity contribution in [1.82, 2.24) is 4.98 Å². The number of benzene rings is 1. The molecule has 110 valence electrons. The SMILES string of the molecule is CCN(c1ccc(NC(=O)c2ccccn2)cc1)C(C)C. The Balaban J connectivity index is 2.08. The van der Waals surface area contributed by atoms with E-state index in [1.54, 1.807) is 24.4 Å². The molecule has 1 N–H and O–H groups in total. The Morgan fingerprint density at radius 2 is 1.90 bits per heavy atom. The van der Waals surface area contributed by atoms with Gasteiger partial charge in [-0.25, -0.2) is 0 Å². The molecule has 4 heteroatoms. The van der Waals surface area contributed by atoms with E-state index in [4.69, 9.17) is 0 Å². The third-order valence-corrected chi connectivity index (χ3v) is 3.32. The highest BCUT2D eigenvalue weighted by atomic mass is 16.1. The largest absolute Gasteiger partial charge is 0.369 e. The second kappa shape index (κ2) is 6.88. The van der Waals surface area contributed by atoms with E-state index in [9.17, 15) is 4.79 Å². The minimum absolute atomic E-state index is 0.195. The quantitative estimate of drug-likeness (QED) is 0.912. The number of anilines is 2. The van der Waals surface area contributed by atoms with Gasteiger partial charge in [-0.15, -0.1) is 0 Å². The van der Waals surface area contributed by atoms with Crippen molar-refractivity contribution in [2.75, 3.05) is 16.8 Å². The molecule has 0 radical (unpaired) electrons. The summed E-state index contributed by atoms with van der Waals surface area (Å²) >= 11 is 0. The van der Waals surface area contributed by atoms with Gasteiger partial charge in [0, 0.05) is 30.2 Å². The Labute approximate surface area is 125 Å². The summed E-state index contributed by atoms with van der Waals surface area (Å²) in [5.41, 5.74) is 2.34. The van der Waals surface area contributed by atoms with Gasteiger partial charge in [-0.1, -0.05) is 6.07 Å². The van der Waals surface area contributed by atoms with Crippen molar-refractivity contribution in [2.24, 2.45) is 0 Å². The number of nitrogens with one attached hydrogen (secondary N) is 1. The van der Waals surface area contributed by atoms with Gasteiger partial charge in [-0.05, 0) is 57.2 Å². The second-order valence-electron chi connectivity index (χ2n) is 5.10. The molecule has 0 atom stereocenters. The number of rotatable bonds is 5. The maximum atomic E-state index is 12.0. The Morgan fingerprint density at radius 3 is 2.43 bits per heavy atom. The predicted octanol–water partition coefficient (Wildman–Crippen LogP) is 3.57. The van der Waals surface area contributed by atoms with E-state index in [1.165, 1.54) is 0 Å². The molecule has 0 aliphatic carbocycles. The summed E-state index contributed by atoms with van der Waals surface area (Å²) in [6, 6.07) is 13.6. The highest BCUT2D eigenvalue weighted by Gasteiger charge is 2.09. The van der Waals surface area contributed by atoms with E-state index in [2.05, 4.69) is 36.0 Å². The summed E-state index contributed by atoms with van der Waals surface area (Å²) in [7, 11) is 0. The van der Waals surface area contributed by atoms with Gasteiger partial charge in [0.25, 0.3) is 5.91 Å². The minimum atomic E-state index is -0.195. The van der Waals surface area contributed by atoms with Crippen LogP contribution < -0.4 is 10.2 Å². The van der Waals surface area contributed by atoms with Crippen molar-refractivity contribution < 1.29 is 4.79 Å². The standard InChI is InChI=1S/C17H21N3O/c1-4-20(13(2)3)15-10-8-14(9-11-15)19-17(21)16-7-5-6-12-18-16/h5-13H,4H2,1-3H3,(H,19,21). The van der Waals surface area contributed by atoms with Crippen molar-refractivity contribution in [3.05, 3.63) is 54.4 Å². The molecule has 0 saturated carbocycles. The average Bonchev–Trinajstić information content (AvgIpc) is 2.50. The topological polar surface area (TPSA) is 45.2 Å². The molecule has 2 aromatic rings. The fourth-order valence-corrected chi connectivity index (χ4v) is 2.27. The summed E-state index contributed by atoms with van der Waals surface area (Å²) in [4.78, 5) is 18.3. The maximum Gasteiger partial charge on any atom is 0.274 e. The lowest BCUT2D eigenvalue weighted by Gasteiger charge is -2.27. The molecular weight excluding hydrogens is 262 g/mol. The number of aromatic nitrogens is 1. The van der Waals surface area contributed by atoms with Gasteiger partial charge in [0.1, 0.15) is 5.69 Å². The third kappa shape index (κ3) is 3.81. The first-order chi connectivity index (χ1) is 10.1. The first-order valence-corrected chi connectivity index (χ1v) is 7.21. The monoisotopic (exact) mass is 283 g/mol. The summed E-state index contributed by atoms with van der Waals surface area (Å²) < 4.78 is 0. The lowest BCUT2D eigenvalue weighted by molar-refractivity contribution is 0.102. The molecule has 0 fully saturated rings. The molecule has 4 nitrogen and oxygen atoms in total. The number of amides is 1. The minimum Gasteiger partial charge on any atom is -0.369 e. The lowest BCUT2D eigenvalue weighted by Crippen LogP contribution is -2.30. The Kier molecular flexibility index (Phi) is 4.93. The van der Waals surface area contributed by atoms with Crippen LogP contribution in [0.4, 0.5) is 11.4 Å². The molecule has 0 spiro atoms. The van der Waals surface area contributed by atoms with Crippen LogP contribution in [-0.2, 0) is 0 Å². The van der Waals surface area contributed by atoms with Crippen molar-refractivity contribution in [2.45, 2.75) is 26.8 Å². The van der Waals surface area contributed by atoms with Crippen molar-refractivity contribution in [1.29, 1.82) is 0 Å². The van der Waals surface area contributed by atoms with Crippen molar-refractivity contribution in [3.8, 4) is 0 Å². The second-order valence-corrected chi connectivity index (χ2v) is 5.10. The van der Waals surface area contributed by atoms with Gasteiger partial charge in [0.05, 0.1) is 0 Å². The van der Waals surface area contributed by atoms with Crippen molar-refractivity contribution >= 4 is 17.3 Å². The third-order valence-electron chi connectivity index (χ3n) is 3.32. The first-order valence-electron chi connectivity index (χ1n) is 7.21. The van der Waals surface area contributed by atoms with Gasteiger partial charge < -0.3 is 10.2 Å². The van der Waals surface area contributed by atoms with E-state index < -0.39 is 0 Å². The number of hydrogen-bond acceptors (Lipinski definition) is 3. The Morgan fingerprint density at radius 1 is 1.19 bits per heavy atom. The summed E-state index contributed by atoms with van der Waals surface area (Å²) in [6.45, 7) is 7.43. The molecule has 0 aliphatic rings. The number of carbonyl (C=O) groups is 1.